The molecule has 2 fully saturated rings. The third kappa shape index (κ3) is 4.52. The fourth-order valence-electron chi connectivity index (χ4n) is 2.99. The highest BCUT2D eigenvalue weighted by molar-refractivity contribution is 5.78. The summed E-state index contributed by atoms with van der Waals surface area (Å²) in [6.07, 6.45) is 2.13. The van der Waals surface area contributed by atoms with Crippen molar-refractivity contribution in [1.82, 2.24) is 25.4 Å². The van der Waals surface area contributed by atoms with Gasteiger partial charge in [-0.25, -0.2) is 4.98 Å². The number of hydrogen-bond donors (Lipinski definition) is 2. The van der Waals surface area contributed by atoms with Crippen LogP contribution < -0.4 is 5.32 Å². The summed E-state index contributed by atoms with van der Waals surface area (Å²) in [5.74, 6) is 1.84. The van der Waals surface area contributed by atoms with E-state index in [-0.39, 0.29) is 24.0 Å². The Morgan fingerprint density at radius 1 is 1.42 bits per heavy atom. The molecule has 0 radical (unpaired) electrons. The fourth-order valence-corrected chi connectivity index (χ4v) is 2.99. The van der Waals surface area contributed by atoms with Crippen molar-refractivity contribution in [3.8, 4) is 0 Å². The molecule has 0 aliphatic carbocycles. The lowest BCUT2D eigenvalue weighted by atomic mass is 10.2. The Kier molecular flexibility index (Phi) is 5.80. The van der Waals surface area contributed by atoms with Gasteiger partial charge in [-0.1, -0.05) is 13.8 Å². The second kappa shape index (κ2) is 8.04. The molecule has 3 rings (SSSR count). The Balaban J connectivity index is 1.46. The Hall–Kier alpha value is -1.51. The van der Waals surface area contributed by atoms with Crippen LogP contribution in [0.5, 0.6) is 0 Å². The maximum Gasteiger partial charge on any atom is 0.234 e. The molecule has 0 spiro atoms. The lowest BCUT2D eigenvalue weighted by Crippen LogP contribution is -2.45. The van der Waals surface area contributed by atoms with E-state index in [2.05, 4.69) is 39.2 Å². The van der Waals surface area contributed by atoms with Gasteiger partial charge in [-0.2, -0.15) is 5.10 Å². The number of hydrogen-bond acceptors (Lipinski definition) is 6. The number of aromatic amines is 1. The van der Waals surface area contributed by atoms with Gasteiger partial charge in [0, 0.05) is 32.2 Å². The monoisotopic (exact) mass is 337 g/mol. The van der Waals surface area contributed by atoms with E-state index in [1.807, 2.05) is 0 Å². The summed E-state index contributed by atoms with van der Waals surface area (Å²) < 4.78 is 11.3. The van der Waals surface area contributed by atoms with Crippen LogP contribution in [0.15, 0.2) is 0 Å². The van der Waals surface area contributed by atoms with Crippen LogP contribution >= 0.6 is 0 Å². The van der Waals surface area contributed by atoms with Gasteiger partial charge in [-0.15, -0.1) is 0 Å². The van der Waals surface area contributed by atoms with Crippen molar-refractivity contribution in [3.63, 3.8) is 0 Å². The van der Waals surface area contributed by atoms with Crippen molar-refractivity contribution in [2.24, 2.45) is 0 Å². The van der Waals surface area contributed by atoms with Crippen LogP contribution in [0.4, 0.5) is 0 Å². The number of ether oxygens (including phenoxy) is 2. The predicted molar refractivity (Wildman–Crippen MR) is 87.6 cm³/mol. The molecular formula is C16H27N5O3. The van der Waals surface area contributed by atoms with Crippen molar-refractivity contribution in [2.75, 3.05) is 39.4 Å². The smallest absolute Gasteiger partial charge is 0.234 e. The highest BCUT2D eigenvalue weighted by Crippen LogP contribution is 2.20. The minimum Gasteiger partial charge on any atom is -0.376 e. The zero-order chi connectivity index (χ0) is 16.9. The molecule has 134 valence electrons. The first-order valence-electron chi connectivity index (χ1n) is 8.76. The van der Waals surface area contributed by atoms with E-state index in [1.54, 1.807) is 0 Å². The Labute approximate surface area is 142 Å². The Morgan fingerprint density at radius 2 is 2.29 bits per heavy atom. The number of morpholine rings is 1. The van der Waals surface area contributed by atoms with Crippen LogP contribution in [0.1, 0.15) is 50.4 Å². The van der Waals surface area contributed by atoms with Gasteiger partial charge in [0.2, 0.25) is 5.91 Å². The highest BCUT2D eigenvalue weighted by atomic mass is 16.5. The van der Waals surface area contributed by atoms with E-state index in [4.69, 9.17) is 9.47 Å². The Bertz CT molecular complexity index is 542. The van der Waals surface area contributed by atoms with Crippen LogP contribution in [0.25, 0.3) is 0 Å². The second-order valence-corrected chi connectivity index (χ2v) is 6.77. The van der Waals surface area contributed by atoms with Gasteiger partial charge in [-0.3, -0.25) is 14.8 Å². The van der Waals surface area contributed by atoms with Crippen LogP contribution in [0.2, 0.25) is 0 Å². The average Bonchev–Trinajstić information content (AvgIpc) is 3.25. The van der Waals surface area contributed by atoms with E-state index in [0.717, 1.165) is 37.6 Å². The number of nitrogens with zero attached hydrogens (tertiary/aromatic N) is 3. The van der Waals surface area contributed by atoms with Crippen molar-refractivity contribution in [1.29, 1.82) is 0 Å². The molecule has 1 aromatic rings. The summed E-state index contributed by atoms with van der Waals surface area (Å²) >= 11 is 0. The molecule has 1 amide bonds. The molecule has 2 N–H and O–H groups in total. The molecule has 8 heteroatoms. The second-order valence-electron chi connectivity index (χ2n) is 6.77. The highest BCUT2D eigenvalue weighted by Gasteiger charge is 2.26. The minimum absolute atomic E-state index is 0.0339. The van der Waals surface area contributed by atoms with Crippen LogP contribution in [0.3, 0.4) is 0 Å². The first kappa shape index (κ1) is 17.3. The normalized spacial score (nSPS) is 25.3. The van der Waals surface area contributed by atoms with Crippen LogP contribution in [-0.4, -0.2) is 71.5 Å². The van der Waals surface area contributed by atoms with E-state index >= 15 is 0 Å². The van der Waals surface area contributed by atoms with E-state index in [1.165, 1.54) is 0 Å². The number of H-pyrrole nitrogens is 1. The molecule has 0 unspecified atom stereocenters. The van der Waals surface area contributed by atoms with Gasteiger partial charge in [0.15, 0.2) is 11.6 Å². The van der Waals surface area contributed by atoms with Gasteiger partial charge in [0.1, 0.15) is 6.10 Å². The molecular weight excluding hydrogens is 310 g/mol. The van der Waals surface area contributed by atoms with Crippen molar-refractivity contribution in [2.45, 2.75) is 44.8 Å². The van der Waals surface area contributed by atoms with Crippen molar-refractivity contribution >= 4 is 5.91 Å². The third-order valence-corrected chi connectivity index (χ3v) is 4.41. The molecule has 2 atom stereocenters. The van der Waals surface area contributed by atoms with Gasteiger partial charge < -0.3 is 14.8 Å². The number of amides is 1. The summed E-state index contributed by atoms with van der Waals surface area (Å²) in [6.45, 7) is 7.86. The molecule has 0 aromatic carbocycles. The first-order chi connectivity index (χ1) is 11.6. The maximum absolute atomic E-state index is 12.1. The minimum atomic E-state index is -0.162. The summed E-state index contributed by atoms with van der Waals surface area (Å²) in [5, 5.41) is 10.1. The van der Waals surface area contributed by atoms with E-state index in [9.17, 15) is 4.79 Å². The Morgan fingerprint density at radius 3 is 3.00 bits per heavy atom. The van der Waals surface area contributed by atoms with Crippen molar-refractivity contribution < 1.29 is 14.3 Å². The van der Waals surface area contributed by atoms with Gasteiger partial charge in [-0.05, 0) is 12.8 Å². The van der Waals surface area contributed by atoms with E-state index < -0.39 is 0 Å². The lowest BCUT2D eigenvalue weighted by Gasteiger charge is -2.31. The lowest BCUT2D eigenvalue weighted by molar-refractivity contribution is -0.125. The third-order valence-electron chi connectivity index (χ3n) is 4.41. The maximum atomic E-state index is 12.1. The van der Waals surface area contributed by atoms with Gasteiger partial charge >= 0.3 is 0 Å². The summed E-state index contributed by atoms with van der Waals surface area (Å²) in [4.78, 5) is 18.7. The number of nitrogens with one attached hydrogen (secondary N) is 2. The van der Waals surface area contributed by atoms with Gasteiger partial charge in [0.05, 0.1) is 19.3 Å². The standard InChI is InChI=1S/C16H27N5O3/c1-11(2)15-18-16(20-19-15)13-9-21(5-7-24-13)10-14(22)17-8-12-4-3-6-23-12/h11-13H,3-10H2,1-2H3,(H,17,22)(H,18,19,20)/t12-,13-/m1/s1. The van der Waals surface area contributed by atoms with Crippen LogP contribution in [-0.2, 0) is 14.3 Å². The number of rotatable bonds is 6. The van der Waals surface area contributed by atoms with Crippen molar-refractivity contribution in [3.05, 3.63) is 11.6 Å². The molecule has 3 heterocycles. The molecule has 1 aromatic heterocycles. The van der Waals surface area contributed by atoms with Gasteiger partial charge in [0.25, 0.3) is 0 Å². The average molecular weight is 337 g/mol. The molecule has 8 nitrogen and oxygen atoms in total. The summed E-state index contributed by atoms with van der Waals surface area (Å²) in [6, 6.07) is 0. The molecule has 24 heavy (non-hydrogen) atoms. The molecule has 2 aliphatic heterocycles. The quantitative estimate of drug-likeness (QED) is 0.790. The number of carbonyl (C=O) groups excluding carboxylic acids is 1. The number of carbonyl (C=O) groups is 1. The molecule has 2 aliphatic rings. The predicted octanol–water partition coefficient (Wildman–Crippen LogP) is 0.597. The molecule has 2 saturated heterocycles. The zero-order valence-corrected chi connectivity index (χ0v) is 14.5. The topological polar surface area (TPSA) is 92.4 Å². The SMILES string of the molecule is CC(C)c1n[nH]c([C@H]2CN(CC(=O)NC[C@H]3CCCO3)CCO2)n1. The number of aromatic nitrogens is 3. The first-order valence-corrected chi connectivity index (χ1v) is 8.76. The van der Waals surface area contributed by atoms with E-state index in [0.29, 0.717) is 26.2 Å². The zero-order valence-electron chi connectivity index (χ0n) is 14.5. The summed E-state index contributed by atoms with van der Waals surface area (Å²) in [5.41, 5.74) is 0. The fraction of sp³-hybridized carbons (Fsp3) is 0.812. The summed E-state index contributed by atoms with van der Waals surface area (Å²) in [7, 11) is 0. The van der Waals surface area contributed by atoms with Crippen LogP contribution in [0, 0.1) is 0 Å². The molecule has 0 saturated carbocycles. The molecule has 0 bridgehead atoms. The largest absolute Gasteiger partial charge is 0.376 e.